The highest BCUT2D eigenvalue weighted by molar-refractivity contribution is 7.99. The molecular weight excluding hydrogens is 289 g/mol. The fraction of sp³-hybridized carbons (Fsp3) is 0.400. The molecule has 0 aliphatic carbocycles. The van der Waals surface area contributed by atoms with Crippen LogP contribution in [0.15, 0.2) is 17.2 Å². The average Bonchev–Trinajstić information content (AvgIpc) is 2.27. The number of primary amides is 1. The van der Waals surface area contributed by atoms with E-state index in [-0.39, 0.29) is 10.6 Å². The molecule has 0 atom stereocenters. The van der Waals surface area contributed by atoms with Gasteiger partial charge in [0.15, 0.2) is 0 Å². The molecule has 0 unspecified atom stereocenters. The molecule has 1 amide bonds. The van der Waals surface area contributed by atoms with Crippen LogP contribution in [-0.2, 0) is 6.18 Å². The number of amides is 1. The number of nitrogens with zero attached hydrogens (tertiary/aromatic N) is 1. The Morgan fingerprint density at radius 3 is 2.61 bits per heavy atom. The van der Waals surface area contributed by atoms with Gasteiger partial charge in [0.05, 0.1) is 5.56 Å². The minimum absolute atomic E-state index is 0.0115. The highest BCUT2D eigenvalue weighted by Gasteiger charge is 2.33. The Morgan fingerprint density at radius 2 is 2.11 bits per heavy atom. The summed E-state index contributed by atoms with van der Waals surface area (Å²) in [6.07, 6.45) is -3.94. The highest BCUT2D eigenvalue weighted by atomic mass is 35.5. The average molecular weight is 299 g/mol. The maximum Gasteiger partial charge on any atom is 0.433 e. The summed E-state index contributed by atoms with van der Waals surface area (Å²) in [5.74, 6) is 0.0558. The minimum atomic E-state index is -4.54. The van der Waals surface area contributed by atoms with Gasteiger partial charge in [-0.25, -0.2) is 4.98 Å². The van der Waals surface area contributed by atoms with Crippen molar-refractivity contribution in [1.29, 1.82) is 0 Å². The molecule has 0 radical (unpaired) electrons. The van der Waals surface area contributed by atoms with Crippen LogP contribution in [-0.4, -0.2) is 22.5 Å². The number of carbonyl (C=O) groups is 1. The van der Waals surface area contributed by atoms with Crippen LogP contribution >= 0.6 is 23.4 Å². The first-order valence-corrected chi connectivity index (χ1v) is 6.45. The first kappa shape index (κ1) is 15.1. The van der Waals surface area contributed by atoms with Crippen LogP contribution in [0.3, 0.4) is 0 Å². The van der Waals surface area contributed by atoms with Gasteiger partial charge in [-0.05, 0) is 18.6 Å². The molecule has 1 rings (SSSR count). The summed E-state index contributed by atoms with van der Waals surface area (Å²) in [7, 11) is 0. The zero-order chi connectivity index (χ0) is 13.8. The molecule has 1 aromatic heterocycles. The zero-order valence-electron chi connectivity index (χ0n) is 9.13. The normalized spacial score (nSPS) is 11.6. The summed E-state index contributed by atoms with van der Waals surface area (Å²) < 4.78 is 37.4. The molecule has 0 bridgehead atoms. The number of hydrogen-bond donors (Lipinski definition) is 1. The van der Waals surface area contributed by atoms with E-state index in [2.05, 4.69) is 4.98 Å². The van der Waals surface area contributed by atoms with Crippen molar-refractivity contribution in [3.8, 4) is 0 Å². The number of thioether (sulfide) groups is 1. The Hall–Kier alpha value is -0.950. The number of aromatic nitrogens is 1. The third kappa shape index (κ3) is 4.06. The van der Waals surface area contributed by atoms with Gasteiger partial charge in [-0.15, -0.1) is 23.4 Å². The molecule has 1 heterocycles. The van der Waals surface area contributed by atoms with E-state index >= 15 is 0 Å². The Morgan fingerprint density at radius 1 is 1.44 bits per heavy atom. The van der Waals surface area contributed by atoms with Crippen molar-refractivity contribution in [2.45, 2.75) is 17.6 Å². The first-order valence-electron chi connectivity index (χ1n) is 4.93. The van der Waals surface area contributed by atoms with Crippen molar-refractivity contribution in [2.24, 2.45) is 5.73 Å². The van der Waals surface area contributed by atoms with E-state index < -0.39 is 17.8 Å². The summed E-state index contributed by atoms with van der Waals surface area (Å²) in [5, 5.41) is -0.0116. The van der Waals surface area contributed by atoms with Gasteiger partial charge in [0, 0.05) is 11.6 Å². The van der Waals surface area contributed by atoms with Crippen LogP contribution in [0.2, 0.25) is 0 Å². The number of nitrogens with two attached hydrogens (primary N) is 1. The van der Waals surface area contributed by atoms with Gasteiger partial charge >= 0.3 is 6.18 Å². The molecule has 0 aliphatic rings. The van der Waals surface area contributed by atoms with E-state index in [1.807, 2.05) is 0 Å². The van der Waals surface area contributed by atoms with Crippen LogP contribution in [0.1, 0.15) is 22.5 Å². The van der Waals surface area contributed by atoms with Crippen LogP contribution < -0.4 is 5.73 Å². The fourth-order valence-electron chi connectivity index (χ4n) is 1.12. The van der Waals surface area contributed by atoms with Crippen LogP contribution in [0.4, 0.5) is 13.2 Å². The van der Waals surface area contributed by atoms with Gasteiger partial charge in [0.2, 0.25) is 0 Å². The second-order valence-electron chi connectivity index (χ2n) is 3.30. The van der Waals surface area contributed by atoms with E-state index in [4.69, 9.17) is 17.3 Å². The molecule has 1 aromatic rings. The SMILES string of the molecule is NC(=O)c1ccc(C(F)(F)F)nc1SCCCCl. The summed E-state index contributed by atoms with van der Waals surface area (Å²) in [4.78, 5) is 14.5. The first-order chi connectivity index (χ1) is 8.36. The molecule has 18 heavy (non-hydrogen) atoms. The Bertz CT molecular complexity index is 440. The second-order valence-corrected chi connectivity index (χ2v) is 4.76. The number of hydrogen-bond acceptors (Lipinski definition) is 3. The third-order valence-corrected chi connectivity index (χ3v) is 3.28. The lowest BCUT2D eigenvalue weighted by Crippen LogP contribution is -2.16. The third-order valence-electron chi connectivity index (χ3n) is 1.93. The van der Waals surface area contributed by atoms with Crippen molar-refractivity contribution in [3.63, 3.8) is 0 Å². The van der Waals surface area contributed by atoms with E-state index in [1.54, 1.807) is 0 Å². The molecule has 100 valence electrons. The van der Waals surface area contributed by atoms with E-state index in [0.29, 0.717) is 18.1 Å². The maximum atomic E-state index is 12.5. The van der Waals surface area contributed by atoms with E-state index in [1.165, 1.54) is 0 Å². The number of rotatable bonds is 5. The van der Waals surface area contributed by atoms with Crippen molar-refractivity contribution >= 4 is 29.3 Å². The molecule has 0 saturated carbocycles. The topological polar surface area (TPSA) is 56.0 Å². The van der Waals surface area contributed by atoms with Gasteiger partial charge < -0.3 is 5.73 Å². The number of carbonyl (C=O) groups excluding carboxylic acids is 1. The number of alkyl halides is 4. The molecule has 0 aliphatic heterocycles. The molecule has 3 nitrogen and oxygen atoms in total. The van der Waals surface area contributed by atoms with Gasteiger partial charge in [0.25, 0.3) is 5.91 Å². The largest absolute Gasteiger partial charge is 0.433 e. The highest BCUT2D eigenvalue weighted by Crippen LogP contribution is 2.31. The summed E-state index contributed by atoms with van der Waals surface area (Å²) >= 11 is 6.50. The smallest absolute Gasteiger partial charge is 0.366 e. The summed E-state index contributed by atoms with van der Waals surface area (Å²) in [6.45, 7) is 0. The van der Waals surface area contributed by atoms with Gasteiger partial charge in [-0.1, -0.05) is 0 Å². The Labute approximate surface area is 111 Å². The standard InChI is InChI=1S/C10H10ClF3N2OS/c11-4-1-5-18-9-6(8(15)17)2-3-7(16-9)10(12,13)14/h2-3H,1,4-5H2,(H2,15,17). The Balaban J connectivity index is 3.04. The molecular formula is C10H10ClF3N2OS. The molecule has 0 aromatic carbocycles. The molecule has 0 saturated heterocycles. The van der Waals surface area contributed by atoms with E-state index in [9.17, 15) is 18.0 Å². The predicted molar refractivity (Wildman–Crippen MR) is 63.8 cm³/mol. The molecule has 2 N–H and O–H groups in total. The second kappa shape index (κ2) is 6.29. The van der Waals surface area contributed by atoms with Crippen LogP contribution in [0, 0.1) is 0 Å². The quantitative estimate of drug-likeness (QED) is 0.516. The Kier molecular flexibility index (Phi) is 5.28. The monoisotopic (exact) mass is 298 g/mol. The fourth-order valence-corrected chi connectivity index (χ4v) is 2.38. The lowest BCUT2D eigenvalue weighted by molar-refractivity contribution is -0.141. The lowest BCUT2D eigenvalue weighted by atomic mass is 10.2. The number of halogens is 4. The molecule has 8 heteroatoms. The van der Waals surface area contributed by atoms with Gasteiger partial charge in [-0.2, -0.15) is 13.2 Å². The minimum Gasteiger partial charge on any atom is -0.366 e. The number of pyridine rings is 1. The maximum absolute atomic E-state index is 12.5. The molecule has 0 fully saturated rings. The van der Waals surface area contributed by atoms with Gasteiger partial charge in [-0.3, -0.25) is 4.79 Å². The van der Waals surface area contributed by atoms with Gasteiger partial charge in [0.1, 0.15) is 10.7 Å². The van der Waals surface area contributed by atoms with Crippen molar-refractivity contribution in [1.82, 2.24) is 4.98 Å². The summed E-state index contributed by atoms with van der Waals surface area (Å²) in [6, 6.07) is 1.78. The van der Waals surface area contributed by atoms with Crippen molar-refractivity contribution in [2.75, 3.05) is 11.6 Å². The molecule has 0 spiro atoms. The van der Waals surface area contributed by atoms with Crippen molar-refractivity contribution < 1.29 is 18.0 Å². The lowest BCUT2D eigenvalue weighted by Gasteiger charge is -2.10. The van der Waals surface area contributed by atoms with Crippen LogP contribution in [0.5, 0.6) is 0 Å². The zero-order valence-corrected chi connectivity index (χ0v) is 10.7. The summed E-state index contributed by atoms with van der Waals surface area (Å²) in [5.41, 5.74) is 4.03. The van der Waals surface area contributed by atoms with Crippen LogP contribution in [0.25, 0.3) is 0 Å². The van der Waals surface area contributed by atoms with E-state index in [0.717, 1.165) is 23.9 Å². The predicted octanol–water partition coefficient (Wildman–Crippen LogP) is 2.92. The van der Waals surface area contributed by atoms with Crippen molar-refractivity contribution in [3.05, 3.63) is 23.4 Å².